The molecule has 1 N–H and O–H groups in total. The number of nitrogens with one attached hydrogen (secondary N) is 1. The molecule has 7 heteroatoms. The quantitative estimate of drug-likeness (QED) is 0.902. The van der Waals surface area contributed by atoms with Gasteiger partial charge in [0.2, 0.25) is 0 Å². The van der Waals surface area contributed by atoms with Crippen LogP contribution < -0.4 is 5.32 Å². The number of fused-ring (bicyclic) bond motifs is 1. The van der Waals surface area contributed by atoms with Crippen molar-refractivity contribution in [3.05, 3.63) is 53.9 Å². The molecule has 2 aliphatic heterocycles. The molecule has 0 amide bonds. The van der Waals surface area contributed by atoms with Crippen molar-refractivity contribution in [1.29, 1.82) is 0 Å². The molecule has 2 fully saturated rings. The molecule has 6 nitrogen and oxygen atoms in total. The van der Waals surface area contributed by atoms with Crippen molar-refractivity contribution in [3.8, 4) is 0 Å². The standard InChI is InChI=1S/C19H23FN4O2/c1-13-17(22-6-5-21-13)8-24-9-18-19(10-24)26-12-16(11-25-18)23-15-4-2-3-14(20)7-15/h2-7,16,18-19,23H,8-12H2,1H3/t18-,19-/m0/s1. The van der Waals surface area contributed by atoms with Crippen LogP contribution in [0.2, 0.25) is 0 Å². The third-order valence-corrected chi connectivity index (χ3v) is 4.87. The Morgan fingerprint density at radius 3 is 2.58 bits per heavy atom. The van der Waals surface area contributed by atoms with Gasteiger partial charge in [-0.25, -0.2) is 4.39 Å². The van der Waals surface area contributed by atoms with Crippen LogP contribution in [0, 0.1) is 12.7 Å². The van der Waals surface area contributed by atoms with Gasteiger partial charge in [0.1, 0.15) is 5.82 Å². The van der Waals surface area contributed by atoms with E-state index in [2.05, 4.69) is 20.2 Å². The summed E-state index contributed by atoms with van der Waals surface area (Å²) in [6, 6.07) is 6.47. The highest BCUT2D eigenvalue weighted by Gasteiger charge is 2.37. The molecule has 2 saturated heterocycles. The van der Waals surface area contributed by atoms with Gasteiger partial charge in [0.05, 0.1) is 42.9 Å². The van der Waals surface area contributed by atoms with Gasteiger partial charge in [-0.1, -0.05) is 6.07 Å². The smallest absolute Gasteiger partial charge is 0.125 e. The maximum Gasteiger partial charge on any atom is 0.125 e. The molecule has 2 atom stereocenters. The van der Waals surface area contributed by atoms with Gasteiger partial charge in [-0.05, 0) is 25.1 Å². The van der Waals surface area contributed by atoms with E-state index in [4.69, 9.17) is 9.47 Å². The second kappa shape index (κ2) is 7.65. The Morgan fingerprint density at radius 2 is 1.88 bits per heavy atom. The normalized spacial score (nSPS) is 24.2. The van der Waals surface area contributed by atoms with E-state index in [1.54, 1.807) is 18.5 Å². The summed E-state index contributed by atoms with van der Waals surface area (Å²) in [4.78, 5) is 11.0. The van der Waals surface area contributed by atoms with Crippen LogP contribution in [-0.2, 0) is 16.0 Å². The summed E-state index contributed by atoms with van der Waals surface area (Å²) in [5.74, 6) is -0.253. The number of benzene rings is 1. The highest BCUT2D eigenvalue weighted by molar-refractivity contribution is 5.44. The number of hydrogen-bond donors (Lipinski definition) is 1. The van der Waals surface area contributed by atoms with E-state index in [-0.39, 0.29) is 24.1 Å². The van der Waals surface area contributed by atoms with Crippen molar-refractivity contribution >= 4 is 5.69 Å². The van der Waals surface area contributed by atoms with E-state index in [1.807, 2.05) is 13.0 Å². The molecule has 0 unspecified atom stereocenters. The number of aryl methyl sites for hydroxylation is 1. The third kappa shape index (κ3) is 4.00. The molecule has 0 saturated carbocycles. The maximum absolute atomic E-state index is 13.3. The molecule has 138 valence electrons. The first-order valence-electron chi connectivity index (χ1n) is 8.91. The van der Waals surface area contributed by atoms with Gasteiger partial charge in [-0.2, -0.15) is 0 Å². The Morgan fingerprint density at radius 1 is 1.15 bits per heavy atom. The van der Waals surface area contributed by atoms with Crippen molar-refractivity contribution in [3.63, 3.8) is 0 Å². The summed E-state index contributed by atoms with van der Waals surface area (Å²) in [5.41, 5.74) is 2.70. The van der Waals surface area contributed by atoms with E-state index in [9.17, 15) is 4.39 Å². The van der Waals surface area contributed by atoms with Crippen LogP contribution in [0.1, 0.15) is 11.4 Å². The largest absolute Gasteiger partial charge is 0.378 e. The fourth-order valence-corrected chi connectivity index (χ4v) is 3.50. The minimum Gasteiger partial charge on any atom is -0.378 e. The number of anilines is 1. The van der Waals surface area contributed by atoms with Gasteiger partial charge in [0.15, 0.2) is 0 Å². The zero-order valence-electron chi connectivity index (χ0n) is 14.8. The highest BCUT2D eigenvalue weighted by Crippen LogP contribution is 2.23. The van der Waals surface area contributed by atoms with Crippen molar-refractivity contribution in [2.24, 2.45) is 0 Å². The minimum atomic E-state index is -0.253. The fraction of sp³-hybridized carbons (Fsp3) is 0.474. The number of likely N-dealkylation sites (tertiary alicyclic amines) is 1. The first-order chi connectivity index (χ1) is 12.7. The van der Waals surface area contributed by atoms with Crippen LogP contribution in [0.3, 0.4) is 0 Å². The highest BCUT2D eigenvalue weighted by atomic mass is 19.1. The first-order valence-corrected chi connectivity index (χ1v) is 8.91. The van der Waals surface area contributed by atoms with Gasteiger partial charge in [0.25, 0.3) is 0 Å². The van der Waals surface area contributed by atoms with Gasteiger partial charge in [-0.15, -0.1) is 0 Å². The van der Waals surface area contributed by atoms with E-state index in [0.29, 0.717) is 13.2 Å². The molecule has 1 aromatic carbocycles. The summed E-state index contributed by atoms with van der Waals surface area (Å²) >= 11 is 0. The Hall–Kier alpha value is -2.09. The molecular formula is C19H23FN4O2. The molecule has 0 bridgehead atoms. The van der Waals surface area contributed by atoms with Crippen LogP contribution in [0.4, 0.5) is 10.1 Å². The lowest BCUT2D eigenvalue weighted by molar-refractivity contribution is -0.00461. The van der Waals surface area contributed by atoms with Crippen molar-refractivity contribution in [2.75, 3.05) is 31.6 Å². The number of halogens is 1. The number of aromatic nitrogens is 2. The molecule has 1 aromatic heterocycles. The molecular weight excluding hydrogens is 335 g/mol. The Bertz CT molecular complexity index is 744. The van der Waals surface area contributed by atoms with Gasteiger partial charge in [0, 0.05) is 37.7 Å². The van der Waals surface area contributed by atoms with Crippen molar-refractivity contribution in [2.45, 2.75) is 31.7 Å². The van der Waals surface area contributed by atoms with E-state index in [1.165, 1.54) is 12.1 Å². The van der Waals surface area contributed by atoms with Crippen molar-refractivity contribution in [1.82, 2.24) is 14.9 Å². The summed E-state index contributed by atoms with van der Waals surface area (Å²) in [6.45, 7) is 5.43. The lowest BCUT2D eigenvalue weighted by atomic mass is 10.2. The van der Waals surface area contributed by atoms with E-state index < -0.39 is 0 Å². The molecule has 2 aliphatic rings. The number of rotatable bonds is 4. The number of ether oxygens (including phenoxy) is 2. The summed E-state index contributed by atoms with van der Waals surface area (Å²) in [5, 5.41) is 3.29. The summed E-state index contributed by atoms with van der Waals surface area (Å²) < 4.78 is 25.5. The van der Waals surface area contributed by atoms with Crippen molar-refractivity contribution < 1.29 is 13.9 Å². The molecule has 26 heavy (non-hydrogen) atoms. The lowest BCUT2D eigenvalue weighted by Gasteiger charge is -2.20. The molecule has 4 rings (SSSR count). The average Bonchev–Trinajstić information content (AvgIpc) is 2.92. The average molecular weight is 358 g/mol. The molecule has 0 radical (unpaired) electrons. The summed E-state index contributed by atoms with van der Waals surface area (Å²) in [7, 11) is 0. The monoisotopic (exact) mass is 358 g/mol. The molecule has 3 heterocycles. The Balaban J connectivity index is 1.32. The molecule has 0 spiro atoms. The van der Waals surface area contributed by atoms with E-state index >= 15 is 0 Å². The third-order valence-electron chi connectivity index (χ3n) is 4.87. The maximum atomic E-state index is 13.3. The SMILES string of the molecule is Cc1nccnc1CN1C[C@@H]2OCC(Nc3cccc(F)c3)CO[C@H]2C1. The first kappa shape index (κ1) is 17.3. The Kier molecular flexibility index (Phi) is 5.10. The second-order valence-corrected chi connectivity index (χ2v) is 6.88. The zero-order valence-corrected chi connectivity index (χ0v) is 14.8. The predicted molar refractivity (Wildman–Crippen MR) is 95.3 cm³/mol. The predicted octanol–water partition coefficient (Wildman–Crippen LogP) is 2.00. The fourth-order valence-electron chi connectivity index (χ4n) is 3.50. The van der Waals surface area contributed by atoms with Gasteiger partial charge in [-0.3, -0.25) is 14.9 Å². The minimum absolute atomic E-state index is 0.0121. The van der Waals surface area contributed by atoms with Crippen LogP contribution in [0.5, 0.6) is 0 Å². The van der Waals surface area contributed by atoms with Crippen LogP contribution in [-0.4, -0.2) is 59.4 Å². The summed E-state index contributed by atoms with van der Waals surface area (Å²) in [6.07, 6.45) is 3.54. The molecule has 0 aliphatic carbocycles. The topological polar surface area (TPSA) is 59.5 Å². The van der Waals surface area contributed by atoms with Crippen LogP contribution >= 0.6 is 0 Å². The zero-order chi connectivity index (χ0) is 17.9. The lowest BCUT2D eigenvalue weighted by Crippen LogP contribution is -2.31. The van der Waals surface area contributed by atoms with E-state index in [0.717, 1.165) is 36.7 Å². The van der Waals surface area contributed by atoms with Crippen LogP contribution in [0.15, 0.2) is 36.7 Å². The molecule has 2 aromatic rings. The number of nitrogens with zero attached hydrogens (tertiary/aromatic N) is 3. The second-order valence-electron chi connectivity index (χ2n) is 6.88. The van der Waals surface area contributed by atoms with Gasteiger partial charge >= 0.3 is 0 Å². The van der Waals surface area contributed by atoms with Gasteiger partial charge < -0.3 is 14.8 Å². The Labute approximate surface area is 152 Å². The number of hydrogen-bond acceptors (Lipinski definition) is 6. The van der Waals surface area contributed by atoms with Crippen LogP contribution in [0.25, 0.3) is 0 Å².